The summed E-state index contributed by atoms with van der Waals surface area (Å²) in [5.74, 6) is 0. The van der Waals surface area contributed by atoms with Gasteiger partial charge in [-0.05, 0) is 108 Å². The number of anilines is 3. The van der Waals surface area contributed by atoms with Crippen molar-refractivity contribution >= 4 is 38.6 Å². The fourth-order valence-electron chi connectivity index (χ4n) is 9.67. The van der Waals surface area contributed by atoms with Gasteiger partial charge in [-0.3, -0.25) is 0 Å². The summed E-state index contributed by atoms with van der Waals surface area (Å²) >= 11 is 0. The largest absolute Gasteiger partial charge is 0.309 e. The van der Waals surface area contributed by atoms with Crippen LogP contribution in [0.5, 0.6) is 0 Å². The molecule has 11 rings (SSSR count). The smallest absolute Gasteiger partial charge is 0.0543 e. The van der Waals surface area contributed by atoms with E-state index in [1.54, 1.807) is 0 Å². The predicted molar refractivity (Wildman–Crippen MR) is 255 cm³/mol. The van der Waals surface area contributed by atoms with Crippen LogP contribution in [0.2, 0.25) is 0 Å². The summed E-state index contributed by atoms with van der Waals surface area (Å²) in [6, 6.07) is 82.2. The van der Waals surface area contributed by atoms with Crippen LogP contribution in [0.1, 0.15) is 25.0 Å². The molecule has 0 saturated heterocycles. The highest BCUT2D eigenvalue weighted by Crippen LogP contribution is 2.58. The van der Waals surface area contributed by atoms with Crippen LogP contribution in [0.4, 0.5) is 17.1 Å². The Bertz CT molecular complexity index is 3180. The summed E-state index contributed by atoms with van der Waals surface area (Å²) in [6.45, 7) is 4.84. The molecular weight excluding hydrogens is 723 g/mol. The van der Waals surface area contributed by atoms with Gasteiger partial charge in [0.2, 0.25) is 0 Å². The molecule has 0 fully saturated rings. The highest BCUT2D eigenvalue weighted by molar-refractivity contribution is 6.17. The molecule has 0 heterocycles. The first-order valence-electron chi connectivity index (χ1n) is 20.9. The molecule has 10 aromatic rings. The van der Waals surface area contributed by atoms with Gasteiger partial charge >= 0.3 is 0 Å². The SMILES string of the molecule is CC1(C)c2cc(-c3ccc(-c4ccccc4)cc3)c3ccccc3c2-c2c1cc(N(c1ccc(-c3ccccc3)cc1)c1ccccc1-c1ccccc1)c1ccccc21. The van der Waals surface area contributed by atoms with Gasteiger partial charge in [0, 0.05) is 22.1 Å². The number of hydrogen-bond acceptors (Lipinski definition) is 1. The van der Waals surface area contributed by atoms with Gasteiger partial charge in [-0.1, -0.05) is 208 Å². The number of rotatable bonds is 7. The number of fused-ring (bicyclic) bond motifs is 7. The van der Waals surface area contributed by atoms with E-state index in [4.69, 9.17) is 0 Å². The van der Waals surface area contributed by atoms with E-state index in [1.807, 2.05) is 0 Å². The molecule has 284 valence electrons. The molecule has 1 nitrogen and oxygen atoms in total. The molecule has 1 aliphatic rings. The molecule has 0 atom stereocenters. The normalized spacial score (nSPS) is 12.6. The van der Waals surface area contributed by atoms with Crippen molar-refractivity contribution in [2.24, 2.45) is 0 Å². The van der Waals surface area contributed by atoms with E-state index >= 15 is 0 Å². The molecule has 0 bridgehead atoms. The van der Waals surface area contributed by atoms with E-state index in [-0.39, 0.29) is 5.41 Å². The van der Waals surface area contributed by atoms with Crippen molar-refractivity contribution in [3.05, 3.63) is 236 Å². The molecular formula is C59H43N. The lowest BCUT2D eigenvalue weighted by Gasteiger charge is -2.31. The maximum Gasteiger partial charge on any atom is 0.0543 e. The minimum atomic E-state index is -0.284. The molecule has 0 aromatic heterocycles. The van der Waals surface area contributed by atoms with Crippen molar-refractivity contribution in [1.29, 1.82) is 0 Å². The van der Waals surface area contributed by atoms with E-state index < -0.39 is 0 Å². The minimum absolute atomic E-state index is 0.284. The van der Waals surface area contributed by atoms with Gasteiger partial charge in [0.05, 0.1) is 11.4 Å². The summed E-state index contributed by atoms with van der Waals surface area (Å²) < 4.78 is 0. The van der Waals surface area contributed by atoms with E-state index in [2.05, 4.69) is 243 Å². The average Bonchev–Trinajstić information content (AvgIpc) is 3.55. The number of nitrogens with zero attached hydrogens (tertiary/aromatic N) is 1. The molecule has 0 amide bonds. The van der Waals surface area contributed by atoms with Gasteiger partial charge in [0.25, 0.3) is 0 Å². The second-order valence-corrected chi connectivity index (χ2v) is 16.5. The van der Waals surface area contributed by atoms with Crippen molar-refractivity contribution in [3.8, 4) is 55.6 Å². The summed E-state index contributed by atoms with van der Waals surface area (Å²) in [5, 5.41) is 5.06. The molecule has 0 saturated carbocycles. The first-order valence-corrected chi connectivity index (χ1v) is 20.9. The number of hydrogen-bond donors (Lipinski definition) is 0. The zero-order valence-corrected chi connectivity index (χ0v) is 33.8. The third kappa shape index (κ3) is 5.85. The van der Waals surface area contributed by atoms with Crippen molar-refractivity contribution in [1.82, 2.24) is 0 Å². The van der Waals surface area contributed by atoms with Gasteiger partial charge in [0.15, 0.2) is 0 Å². The van der Waals surface area contributed by atoms with Crippen LogP contribution < -0.4 is 4.90 Å². The maximum absolute atomic E-state index is 2.51. The molecule has 1 aliphatic carbocycles. The molecule has 0 N–H and O–H groups in total. The van der Waals surface area contributed by atoms with Gasteiger partial charge in [-0.25, -0.2) is 0 Å². The van der Waals surface area contributed by atoms with Crippen molar-refractivity contribution < 1.29 is 0 Å². The lowest BCUT2D eigenvalue weighted by atomic mass is 9.80. The fourth-order valence-corrected chi connectivity index (χ4v) is 9.67. The number of benzene rings is 10. The first kappa shape index (κ1) is 35.7. The Morgan fingerprint density at radius 1 is 0.300 bits per heavy atom. The van der Waals surface area contributed by atoms with Gasteiger partial charge in [-0.2, -0.15) is 0 Å². The van der Waals surface area contributed by atoms with E-state index in [0.29, 0.717) is 0 Å². The quantitative estimate of drug-likeness (QED) is 0.156. The molecule has 10 aromatic carbocycles. The predicted octanol–water partition coefficient (Wildman–Crippen LogP) is 16.4. The Kier molecular flexibility index (Phi) is 8.57. The van der Waals surface area contributed by atoms with Crippen molar-refractivity contribution in [3.63, 3.8) is 0 Å². The van der Waals surface area contributed by atoms with Crippen LogP contribution in [-0.4, -0.2) is 0 Å². The van der Waals surface area contributed by atoms with Crippen LogP contribution >= 0.6 is 0 Å². The van der Waals surface area contributed by atoms with Crippen LogP contribution in [0.3, 0.4) is 0 Å². The van der Waals surface area contributed by atoms with Crippen molar-refractivity contribution in [2.45, 2.75) is 19.3 Å². The molecule has 0 spiro atoms. The standard InChI is InChI=1S/C59H43N/c1-59(2)53-38-52(45-32-30-42(31-33-45)40-18-6-3-7-19-40)48-25-12-14-27-50(48)57(53)58-51-28-15-13-26-49(51)56(39-54(58)59)60(46-36-34-43(35-37-46)41-20-8-4-9-21-41)55-29-17-16-24-47(55)44-22-10-5-11-23-44/h3-39H,1-2H3. The summed E-state index contributed by atoms with van der Waals surface area (Å²) in [4.78, 5) is 2.50. The van der Waals surface area contributed by atoms with E-state index in [9.17, 15) is 0 Å². The van der Waals surface area contributed by atoms with Gasteiger partial charge < -0.3 is 4.90 Å². The Hall–Kier alpha value is -7.48. The molecule has 0 radical (unpaired) electrons. The Morgan fingerprint density at radius 3 is 1.30 bits per heavy atom. The van der Waals surface area contributed by atoms with E-state index in [0.717, 1.165) is 11.4 Å². The Morgan fingerprint density at radius 2 is 0.700 bits per heavy atom. The lowest BCUT2D eigenvalue weighted by Crippen LogP contribution is -2.17. The second-order valence-electron chi connectivity index (χ2n) is 16.5. The monoisotopic (exact) mass is 765 g/mol. The highest BCUT2D eigenvalue weighted by Gasteiger charge is 2.39. The molecule has 0 aliphatic heterocycles. The second kappa shape index (κ2) is 14.4. The van der Waals surface area contributed by atoms with Gasteiger partial charge in [0.1, 0.15) is 0 Å². The molecule has 1 heteroatoms. The lowest BCUT2D eigenvalue weighted by molar-refractivity contribution is 0.661. The first-order chi connectivity index (χ1) is 29.5. The Balaban J connectivity index is 1.14. The molecule has 0 unspecified atom stereocenters. The third-order valence-corrected chi connectivity index (χ3v) is 12.7. The van der Waals surface area contributed by atoms with Crippen LogP contribution in [0.15, 0.2) is 224 Å². The average molecular weight is 766 g/mol. The highest BCUT2D eigenvalue weighted by atomic mass is 15.1. The Labute approximate surface area is 352 Å². The van der Waals surface area contributed by atoms with Crippen LogP contribution in [-0.2, 0) is 5.41 Å². The zero-order chi connectivity index (χ0) is 40.2. The van der Waals surface area contributed by atoms with Gasteiger partial charge in [-0.15, -0.1) is 0 Å². The minimum Gasteiger partial charge on any atom is -0.309 e. The number of para-hydroxylation sites is 1. The zero-order valence-electron chi connectivity index (χ0n) is 33.8. The van der Waals surface area contributed by atoms with Crippen molar-refractivity contribution in [2.75, 3.05) is 4.90 Å². The summed E-state index contributed by atoms with van der Waals surface area (Å²) in [6.07, 6.45) is 0. The third-order valence-electron chi connectivity index (χ3n) is 12.7. The summed E-state index contributed by atoms with van der Waals surface area (Å²) in [7, 11) is 0. The topological polar surface area (TPSA) is 3.24 Å². The van der Waals surface area contributed by atoms with Crippen LogP contribution in [0, 0.1) is 0 Å². The molecule has 60 heavy (non-hydrogen) atoms. The summed E-state index contributed by atoms with van der Waals surface area (Å²) in [5.41, 5.74) is 18.3. The van der Waals surface area contributed by atoms with E-state index in [1.165, 1.54) is 94.0 Å². The maximum atomic E-state index is 2.51. The van der Waals surface area contributed by atoms with Crippen LogP contribution in [0.25, 0.3) is 77.2 Å². The fraction of sp³-hybridized carbons (Fsp3) is 0.0508.